The standard InChI is InChI=1S/C10H11FN4/c1-3-8-12-4-5-15(8)10-9(11)7(2)13-6-14-10/h4-6H,3H2,1-2H3. The quantitative estimate of drug-likeness (QED) is 0.750. The van der Waals surface area contributed by atoms with Gasteiger partial charge < -0.3 is 0 Å². The molecule has 0 aliphatic heterocycles. The Kier molecular flexibility index (Phi) is 2.45. The maximum atomic E-state index is 13.7. The van der Waals surface area contributed by atoms with E-state index in [1.165, 1.54) is 6.33 Å². The minimum atomic E-state index is -0.398. The monoisotopic (exact) mass is 206 g/mol. The van der Waals surface area contributed by atoms with Crippen molar-refractivity contribution in [2.75, 3.05) is 0 Å². The molecule has 2 rings (SSSR count). The molecule has 0 atom stereocenters. The fourth-order valence-corrected chi connectivity index (χ4v) is 1.40. The number of aromatic nitrogens is 4. The van der Waals surface area contributed by atoms with E-state index in [-0.39, 0.29) is 5.82 Å². The van der Waals surface area contributed by atoms with Gasteiger partial charge in [-0.3, -0.25) is 4.57 Å². The first-order valence-electron chi connectivity index (χ1n) is 4.73. The number of rotatable bonds is 2. The second-order valence-electron chi connectivity index (χ2n) is 3.16. The molecule has 0 N–H and O–H groups in total. The van der Waals surface area contributed by atoms with E-state index in [2.05, 4.69) is 15.0 Å². The lowest BCUT2D eigenvalue weighted by molar-refractivity contribution is 0.586. The van der Waals surface area contributed by atoms with Gasteiger partial charge in [-0.1, -0.05) is 6.92 Å². The summed E-state index contributed by atoms with van der Waals surface area (Å²) in [6, 6.07) is 0. The maximum Gasteiger partial charge on any atom is 0.187 e. The highest BCUT2D eigenvalue weighted by Crippen LogP contribution is 2.13. The lowest BCUT2D eigenvalue weighted by atomic mass is 10.4. The third kappa shape index (κ3) is 1.60. The Morgan fingerprint density at radius 3 is 2.87 bits per heavy atom. The van der Waals surface area contributed by atoms with Gasteiger partial charge in [-0.05, 0) is 6.92 Å². The summed E-state index contributed by atoms with van der Waals surface area (Å²) in [5.41, 5.74) is 0.343. The van der Waals surface area contributed by atoms with Crippen molar-refractivity contribution in [1.82, 2.24) is 19.5 Å². The average Bonchev–Trinajstić information content (AvgIpc) is 2.70. The first kappa shape index (κ1) is 9.76. The van der Waals surface area contributed by atoms with Crippen molar-refractivity contribution in [3.8, 4) is 5.82 Å². The summed E-state index contributed by atoms with van der Waals surface area (Å²) in [4.78, 5) is 11.8. The number of hydrogen-bond acceptors (Lipinski definition) is 3. The first-order chi connectivity index (χ1) is 7.24. The van der Waals surface area contributed by atoms with Gasteiger partial charge >= 0.3 is 0 Å². The molecule has 0 aliphatic rings. The Morgan fingerprint density at radius 1 is 1.33 bits per heavy atom. The van der Waals surface area contributed by atoms with E-state index in [1.54, 1.807) is 23.9 Å². The lowest BCUT2D eigenvalue weighted by Gasteiger charge is -2.06. The Balaban J connectivity index is 2.59. The minimum absolute atomic E-state index is 0.261. The normalized spacial score (nSPS) is 10.6. The molecule has 0 saturated carbocycles. The molecule has 0 aromatic carbocycles. The number of nitrogens with zero attached hydrogens (tertiary/aromatic N) is 4. The summed E-state index contributed by atoms with van der Waals surface area (Å²) >= 11 is 0. The molecular weight excluding hydrogens is 195 g/mol. The third-order valence-electron chi connectivity index (χ3n) is 2.21. The summed E-state index contributed by atoms with van der Waals surface area (Å²) in [6.07, 6.45) is 5.42. The molecule has 0 amide bonds. The van der Waals surface area contributed by atoms with Crippen molar-refractivity contribution in [3.63, 3.8) is 0 Å². The van der Waals surface area contributed by atoms with Crippen LogP contribution in [0.1, 0.15) is 18.4 Å². The van der Waals surface area contributed by atoms with Crippen molar-refractivity contribution < 1.29 is 4.39 Å². The largest absolute Gasteiger partial charge is 0.285 e. The van der Waals surface area contributed by atoms with Crippen LogP contribution in [-0.4, -0.2) is 19.5 Å². The number of aryl methyl sites for hydroxylation is 2. The van der Waals surface area contributed by atoms with Crippen LogP contribution in [0.4, 0.5) is 4.39 Å². The maximum absolute atomic E-state index is 13.7. The van der Waals surface area contributed by atoms with Gasteiger partial charge in [0.2, 0.25) is 0 Å². The molecule has 15 heavy (non-hydrogen) atoms. The van der Waals surface area contributed by atoms with Crippen LogP contribution in [0.5, 0.6) is 0 Å². The second-order valence-corrected chi connectivity index (χ2v) is 3.16. The summed E-state index contributed by atoms with van der Waals surface area (Å²) in [6.45, 7) is 3.58. The highest BCUT2D eigenvalue weighted by molar-refractivity contribution is 5.27. The predicted molar refractivity (Wildman–Crippen MR) is 53.2 cm³/mol. The first-order valence-corrected chi connectivity index (χ1v) is 4.73. The lowest BCUT2D eigenvalue weighted by Crippen LogP contribution is -2.06. The Bertz CT molecular complexity index is 478. The SMILES string of the molecule is CCc1nccn1-c1ncnc(C)c1F. The summed E-state index contributed by atoms with van der Waals surface area (Å²) < 4.78 is 15.4. The van der Waals surface area contributed by atoms with Crippen LogP contribution in [0.3, 0.4) is 0 Å². The fraction of sp³-hybridized carbons (Fsp3) is 0.300. The molecule has 78 valence electrons. The molecule has 0 unspecified atom stereocenters. The smallest absolute Gasteiger partial charge is 0.187 e. The molecule has 2 aromatic heterocycles. The zero-order valence-electron chi connectivity index (χ0n) is 8.61. The zero-order valence-corrected chi connectivity index (χ0v) is 8.61. The Hall–Kier alpha value is -1.78. The molecule has 0 spiro atoms. The van der Waals surface area contributed by atoms with Crippen LogP contribution in [0.2, 0.25) is 0 Å². The van der Waals surface area contributed by atoms with E-state index < -0.39 is 5.82 Å². The van der Waals surface area contributed by atoms with Gasteiger partial charge in [-0.15, -0.1) is 0 Å². The molecular formula is C10H11FN4. The van der Waals surface area contributed by atoms with Crippen LogP contribution in [0, 0.1) is 12.7 Å². The van der Waals surface area contributed by atoms with Gasteiger partial charge in [-0.25, -0.2) is 19.3 Å². The van der Waals surface area contributed by atoms with Crippen molar-refractivity contribution in [3.05, 3.63) is 36.1 Å². The van der Waals surface area contributed by atoms with Crippen LogP contribution < -0.4 is 0 Å². The Labute approximate surface area is 86.8 Å². The minimum Gasteiger partial charge on any atom is -0.285 e. The van der Waals surface area contributed by atoms with E-state index >= 15 is 0 Å². The number of imidazole rings is 1. The number of hydrogen-bond donors (Lipinski definition) is 0. The zero-order chi connectivity index (χ0) is 10.8. The molecule has 2 heterocycles. The molecule has 5 heteroatoms. The Morgan fingerprint density at radius 2 is 2.13 bits per heavy atom. The fourth-order valence-electron chi connectivity index (χ4n) is 1.40. The molecule has 0 aliphatic carbocycles. The highest BCUT2D eigenvalue weighted by atomic mass is 19.1. The molecule has 4 nitrogen and oxygen atoms in total. The van der Waals surface area contributed by atoms with Crippen LogP contribution in [-0.2, 0) is 6.42 Å². The van der Waals surface area contributed by atoms with Gasteiger partial charge in [0.05, 0.1) is 5.69 Å². The van der Waals surface area contributed by atoms with Crippen molar-refractivity contribution in [2.45, 2.75) is 20.3 Å². The van der Waals surface area contributed by atoms with E-state index in [9.17, 15) is 4.39 Å². The molecule has 0 saturated heterocycles. The summed E-state index contributed by atoms with van der Waals surface area (Å²) in [7, 11) is 0. The van der Waals surface area contributed by atoms with Crippen molar-refractivity contribution in [1.29, 1.82) is 0 Å². The van der Waals surface area contributed by atoms with E-state index in [0.29, 0.717) is 5.69 Å². The van der Waals surface area contributed by atoms with E-state index in [1.807, 2.05) is 6.92 Å². The van der Waals surface area contributed by atoms with Gasteiger partial charge in [0.1, 0.15) is 12.2 Å². The molecule has 0 bridgehead atoms. The van der Waals surface area contributed by atoms with Gasteiger partial charge in [-0.2, -0.15) is 0 Å². The van der Waals surface area contributed by atoms with Crippen LogP contribution in [0.25, 0.3) is 5.82 Å². The predicted octanol–water partition coefficient (Wildman–Crippen LogP) is 1.67. The highest BCUT2D eigenvalue weighted by Gasteiger charge is 2.11. The van der Waals surface area contributed by atoms with Gasteiger partial charge in [0.15, 0.2) is 11.6 Å². The third-order valence-corrected chi connectivity index (χ3v) is 2.21. The van der Waals surface area contributed by atoms with Crippen LogP contribution >= 0.6 is 0 Å². The van der Waals surface area contributed by atoms with E-state index in [0.717, 1.165) is 12.2 Å². The summed E-state index contributed by atoms with van der Waals surface area (Å²) in [5.74, 6) is 0.647. The van der Waals surface area contributed by atoms with Crippen LogP contribution in [0.15, 0.2) is 18.7 Å². The second kappa shape index (κ2) is 3.76. The molecule has 0 radical (unpaired) electrons. The molecule has 0 fully saturated rings. The summed E-state index contributed by atoms with van der Waals surface area (Å²) in [5, 5.41) is 0. The van der Waals surface area contributed by atoms with E-state index in [4.69, 9.17) is 0 Å². The molecule has 2 aromatic rings. The van der Waals surface area contributed by atoms with Gasteiger partial charge in [0.25, 0.3) is 0 Å². The van der Waals surface area contributed by atoms with Crippen molar-refractivity contribution >= 4 is 0 Å². The van der Waals surface area contributed by atoms with Crippen molar-refractivity contribution in [2.24, 2.45) is 0 Å². The number of halogens is 1. The van der Waals surface area contributed by atoms with Gasteiger partial charge in [0, 0.05) is 18.8 Å². The topological polar surface area (TPSA) is 43.6 Å². The average molecular weight is 206 g/mol.